The predicted molar refractivity (Wildman–Crippen MR) is 120 cm³/mol. The first kappa shape index (κ1) is 20.4. The smallest absolute Gasteiger partial charge is 0.234 e. The maximum atomic E-state index is 12.7. The molecule has 3 heterocycles. The van der Waals surface area contributed by atoms with Gasteiger partial charge in [-0.2, -0.15) is 0 Å². The lowest BCUT2D eigenvalue weighted by Gasteiger charge is -2.29. The number of rotatable bonds is 6. The molecule has 1 fully saturated rings. The molecule has 2 aromatic heterocycles. The monoisotopic (exact) mass is 423 g/mol. The molecule has 8 heteroatoms. The Morgan fingerprint density at radius 1 is 1.13 bits per heavy atom. The van der Waals surface area contributed by atoms with E-state index in [9.17, 15) is 4.79 Å². The average Bonchev–Trinajstić information content (AvgIpc) is 3.24. The van der Waals surface area contributed by atoms with Crippen LogP contribution in [-0.2, 0) is 9.53 Å². The van der Waals surface area contributed by atoms with Gasteiger partial charge in [0, 0.05) is 31.7 Å². The summed E-state index contributed by atoms with van der Waals surface area (Å²) in [5.74, 6) is 0.966. The standard InChI is InChI=1S/C22H25N5O2S/c1-16-5-3-7-19(17(16)2)27-10-9-24-22(27)30-15-20(28)25-18-6-4-8-23-21(18)26-11-13-29-14-12-26/h3-10H,11-15H2,1-2H3,(H,25,28). The van der Waals surface area contributed by atoms with Gasteiger partial charge < -0.3 is 15.0 Å². The molecule has 7 nitrogen and oxygen atoms in total. The van der Waals surface area contributed by atoms with Crippen LogP contribution in [0.1, 0.15) is 11.1 Å². The summed E-state index contributed by atoms with van der Waals surface area (Å²) in [6, 6.07) is 9.92. The lowest BCUT2D eigenvalue weighted by atomic mass is 10.1. The van der Waals surface area contributed by atoms with Gasteiger partial charge in [-0.15, -0.1) is 0 Å². The van der Waals surface area contributed by atoms with Crippen LogP contribution in [0.4, 0.5) is 11.5 Å². The Bertz CT molecular complexity index is 1030. The maximum Gasteiger partial charge on any atom is 0.234 e. The summed E-state index contributed by atoms with van der Waals surface area (Å²) in [5, 5.41) is 3.80. The topological polar surface area (TPSA) is 72.3 Å². The van der Waals surface area contributed by atoms with E-state index in [0.29, 0.717) is 13.2 Å². The molecule has 1 N–H and O–H groups in total. The number of imidazole rings is 1. The first-order valence-corrected chi connectivity index (χ1v) is 10.9. The number of thioether (sulfide) groups is 1. The van der Waals surface area contributed by atoms with Crippen molar-refractivity contribution in [1.82, 2.24) is 14.5 Å². The number of ether oxygens (including phenoxy) is 1. The summed E-state index contributed by atoms with van der Waals surface area (Å²) in [4.78, 5) is 23.7. The lowest BCUT2D eigenvalue weighted by Crippen LogP contribution is -2.37. The number of nitrogens with one attached hydrogen (secondary N) is 1. The molecule has 156 valence electrons. The van der Waals surface area contributed by atoms with E-state index in [4.69, 9.17) is 4.74 Å². The molecule has 3 aromatic rings. The summed E-state index contributed by atoms with van der Waals surface area (Å²) in [5.41, 5.74) is 4.23. The SMILES string of the molecule is Cc1cccc(-n2ccnc2SCC(=O)Nc2cccnc2N2CCOCC2)c1C. The Morgan fingerprint density at radius 2 is 1.97 bits per heavy atom. The van der Waals surface area contributed by atoms with Crippen LogP contribution in [0, 0.1) is 13.8 Å². The summed E-state index contributed by atoms with van der Waals surface area (Å²) in [7, 11) is 0. The number of morpholine rings is 1. The fraction of sp³-hybridized carbons (Fsp3) is 0.318. The second kappa shape index (κ2) is 9.32. The van der Waals surface area contributed by atoms with Crippen LogP contribution < -0.4 is 10.2 Å². The van der Waals surface area contributed by atoms with Crippen molar-refractivity contribution in [2.24, 2.45) is 0 Å². The fourth-order valence-electron chi connectivity index (χ4n) is 3.41. The molecule has 4 rings (SSSR count). The average molecular weight is 424 g/mol. The zero-order chi connectivity index (χ0) is 20.9. The minimum Gasteiger partial charge on any atom is -0.378 e. The van der Waals surface area contributed by atoms with Crippen LogP contribution in [0.3, 0.4) is 0 Å². The molecular formula is C22H25N5O2S. The van der Waals surface area contributed by atoms with E-state index in [1.807, 2.05) is 29.0 Å². The van der Waals surface area contributed by atoms with Crippen molar-refractivity contribution in [3.63, 3.8) is 0 Å². The number of nitrogens with zero attached hydrogens (tertiary/aromatic N) is 4. The van der Waals surface area contributed by atoms with Gasteiger partial charge in [0.2, 0.25) is 5.91 Å². The predicted octanol–water partition coefficient (Wildman–Crippen LogP) is 3.45. The van der Waals surface area contributed by atoms with Gasteiger partial charge in [0.05, 0.1) is 30.3 Å². The lowest BCUT2D eigenvalue weighted by molar-refractivity contribution is -0.113. The molecule has 0 saturated carbocycles. The third-order valence-corrected chi connectivity index (χ3v) is 6.11. The molecule has 0 radical (unpaired) electrons. The van der Waals surface area contributed by atoms with Crippen molar-refractivity contribution in [3.05, 3.63) is 60.0 Å². The molecular weight excluding hydrogens is 398 g/mol. The zero-order valence-corrected chi connectivity index (χ0v) is 18.0. The molecule has 0 unspecified atom stereocenters. The van der Waals surface area contributed by atoms with E-state index in [0.717, 1.165) is 35.4 Å². The third-order valence-electron chi connectivity index (χ3n) is 5.15. The molecule has 0 spiro atoms. The molecule has 1 amide bonds. The number of hydrogen-bond donors (Lipinski definition) is 1. The number of anilines is 2. The summed E-state index contributed by atoms with van der Waals surface area (Å²) < 4.78 is 7.45. The minimum absolute atomic E-state index is 0.0852. The molecule has 30 heavy (non-hydrogen) atoms. The number of hydrogen-bond acceptors (Lipinski definition) is 6. The van der Waals surface area contributed by atoms with Crippen molar-refractivity contribution >= 4 is 29.2 Å². The highest BCUT2D eigenvalue weighted by Gasteiger charge is 2.18. The van der Waals surface area contributed by atoms with Gasteiger partial charge in [0.25, 0.3) is 0 Å². The van der Waals surface area contributed by atoms with E-state index < -0.39 is 0 Å². The number of amides is 1. The molecule has 0 bridgehead atoms. The van der Waals surface area contributed by atoms with Gasteiger partial charge >= 0.3 is 0 Å². The van der Waals surface area contributed by atoms with Crippen molar-refractivity contribution in [2.75, 3.05) is 42.3 Å². The van der Waals surface area contributed by atoms with Crippen molar-refractivity contribution in [1.29, 1.82) is 0 Å². The van der Waals surface area contributed by atoms with Crippen molar-refractivity contribution in [2.45, 2.75) is 19.0 Å². The van der Waals surface area contributed by atoms with Gasteiger partial charge in [-0.05, 0) is 43.2 Å². The first-order chi connectivity index (χ1) is 14.6. The fourth-order valence-corrected chi connectivity index (χ4v) is 4.18. The zero-order valence-electron chi connectivity index (χ0n) is 17.2. The third kappa shape index (κ3) is 4.49. The van der Waals surface area contributed by atoms with Crippen LogP contribution >= 0.6 is 11.8 Å². The Hall–Kier alpha value is -2.84. The van der Waals surface area contributed by atoms with Crippen LogP contribution in [0.25, 0.3) is 5.69 Å². The number of pyridine rings is 1. The highest BCUT2D eigenvalue weighted by molar-refractivity contribution is 7.99. The van der Waals surface area contributed by atoms with E-state index in [-0.39, 0.29) is 11.7 Å². The first-order valence-electron chi connectivity index (χ1n) is 9.94. The number of carbonyl (C=O) groups is 1. The van der Waals surface area contributed by atoms with Crippen LogP contribution in [0.5, 0.6) is 0 Å². The second-order valence-corrected chi connectivity index (χ2v) is 8.05. The highest BCUT2D eigenvalue weighted by atomic mass is 32.2. The molecule has 1 saturated heterocycles. The Kier molecular flexibility index (Phi) is 6.35. The van der Waals surface area contributed by atoms with Crippen LogP contribution in [-0.4, -0.2) is 52.5 Å². The van der Waals surface area contributed by atoms with Gasteiger partial charge in [-0.1, -0.05) is 23.9 Å². The second-order valence-electron chi connectivity index (χ2n) is 7.11. The molecule has 0 aliphatic carbocycles. The molecule has 1 aromatic carbocycles. The van der Waals surface area contributed by atoms with Crippen LogP contribution in [0.15, 0.2) is 54.1 Å². The number of aryl methyl sites for hydroxylation is 1. The number of aromatic nitrogens is 3. The van der Waals surface area contributed by atoms with Gasteiger partial charge in [0.15, 0.2) is 11.0 Å². The summed E-state index contributed by atoms with van der Waals surface area (Å²) in [6.45, 7) is 7.06. The summed E-state index contributed by atoms with van der Waals surface area (Å²) >= 11 is 1.42. The molecule has 1 aliphatic heterocycles. The highest BCUT2D eigenvalue weighted by Crippen LogP contribution is 2.26. The van der Waals surface area contributed by atoms with Crippen LogP contribution in [0.2, 0.25) is 0 Å². The van der Waals surface area contributed by atoms with E-state index >= 15 is 0 Å². The van der Waals surface area contributed by atoms with Crippen molar-refractivity contribution < 1.29 is 9.53 Å². The van der Waals surface area contributed by atoms with Gasteiger partial charge in [-0.3, -0.25) is 9.36 Å². The Labute approximate surface area is 180 Å². The maximum absolute atomic E-state index is 12.7. The van der Waals surface area contributed by atoms with Gasteiger partial charge in [0.1, 0.15) is 0 Å². The largest absolute Gasteiger partial charge is 0.378 e. The Balaban J connectivity index is 1.44. The number of carbonyl (C=O) groups excluding carboxylic acids is 1. The number of benzene rings is 1. The normalized spacial score (nSPS) is 14.0. The minimum atomic E-state index is -0.0852. The molecule has 0 atom stereocenters. The summed E-state index contributed by atoms with van der Waals surface area (Å²) in [6.07, 6.45) is 5.44. The Morgan fingerprint density at radius 3 is 2.80 bits per heavy atom. The molecule has 1 aliphatic rings. The quantitative estimate of drug-likeness (QED) is 0.613. The van der Waals surface area contributed by atoms with E-state index in [2.05, 4.69) is 46.2 Å². The van der Waals surface area contributed by atoms with E-state index in [1.165, 1.54) is 22.9 Å². The van der Waals surface area contributed by atoms with Gasteiger partial charge in [-0.25, -0.2) is 9.97 Å². The van der Waals surface area contributed by atoms with E-state index in [1.54, 1.807) is 12.4 Å². The van der Waals surface area contributed by atoms with Crippen molar-refractivity contribution in [3.8, 4) is 5.69 Å².